The highest BCUT2D eigenvalue weighted by molar-refractivity contribution is 6.31. The van der Waals surface area contributed by atoms with Crippen molar-refractivity contribution >= 4 is 23.1 Å². The Morgan fingerprint density at radius 1 is 1.53 bits per heavy atom. The molecule has 0 fully saturated rings. The van der Waals surface area contributed by atoms with E-state index in [1.807, 2.05) is 6.08 Å². The second kappa shape index (κ2) is 4.64. The maximum Gasteiger partial charge on any atom is 0.348 e. The lowest BCUT2D eigenvalue weighted by atomic mass is 9.90. The first-order chi connectivity index (χ1) is 8.13. The molecule has 0 radical (unpaired) electrons. The molecular weight excluding hydrogens is 248 g/mol. The molecule has 2 atom stereocenters. The molecule has 7 nitrogen and oxygen atoms in total. The number of aliphatic hydroxyl groups is 1. The molecule has 1 heterocycles. The minimum Gasteiger partial charge on any atom is -0.396 e. The molecule has 0 amide bonds. The third-order valence-corrected chi connectivity index (χ3v) is 2.78. The molecule has 2 rings (SSSR count). The third kappa shape index (κ3) is 2.20. The molecule has 2 N–H and O–H groups in total. The monoisotopic (exact) mass is 256 g/mol. The molecule has 8 heteroatoms. The van der Waals surface area contributed by atoms with Crippen LogP contribution in [0.2, 0.25) is 5.15 Å². The number of hydrogen-bond acceptors (Lipinski definition) is 6. The summed E-state index contributed by atoms with van der Waals surface area (Å²) in [6.45, 7) is -0.0270. The molecule has 1 aromatic rings. The molecule has 0 aromatic carbocycles. The van der Waals surface area contributed by atoms with Gasteiger partial charge in [-0.2, -0.15) is 0 Å². The van der Waals surface area contributed by atoms with Crippen LogP contribution in [-0.4, -0.2) is 32.6 Å². The van der Waals surface area contributed by atoms with Crippen LogP contribution in [0.3, 0.4) is 0 Å². The zero-order chi connectivity index (χ0) is 12.4. The molecule has 1 aliphatic rings. The molecule has 1 aromatic heterocycles. The number of nitro groups is 1. The highest BCUT2D eigenvalue weighted by Gasteiger charge is 2.28. The predicted molar refractivity (Wildman–Crippen MR) is 60.8 cm³/mol. The van der Waals surface area contributed by atoms with Crippen molar-refractivity contribution in [3.05, 3.63) is 33.7 Å². The minimum atomic E-state index is -0.638. The van der Waals surface area contributed by atoms with Gasteiger partial charge in [-0.3, -0.25) is 10.1 Å². The molecule has 0 aliphatic heterocycles. The van der Waals surface area contributed by atoms with Crippen molar-refractivity contribution < 1.29 is 10.0 Å². The Balaban J connectivity index is 2.24. The van der Waals surface area contributed by atoms with Crippen molar-refractivity contribution in [3.63, 3.8) is 0 Å². The molecule has 0 bridgehead atoms. The van der Waals surface area contributed by atoms with Crippen molar-refractivity contribution in [1.29, 1.82) is 0 Å². The average Bonchev–Trinajstić information content (AvgIpc) is 2.24. The van der Waals surface area contributed by atoms with Gasteiger partial charge in [-0.1, -0.05) is 23.8 Å². The van der Waals surface area contributed by atoms with Crippen LogP contribution in [-0.2, 0) is 0 Å². The van der Waals surface area contributed by atoms with E-state index in [1.165, 1.54) is 0 Å². The van der Waals surface area contributed by atoms with Crippen LogP contribution >= 0.6 is 11.6 Å². The summed E-state index contributed by atoms with van der Waals surface area (Å²) in [6.07, 6.45) is 4.75. The van der Waals surface area contributed by atoms with Crippen molar-refractivity contribution in [1.82, 2.24) is 9.97 Å². The van der Waals surface area contributed by atoms with Gasteiger partial charge in [-0.15, -0.1) is 0 Å². The van der Waals surface area contributed by atoms with Gasteiger partial charge in [0.15, 0.2) is 0 Å². The van der Waals surface area contributed by atoms with E-state index >= 15 is 0 Å². The van der Waals surface area contributed by atoms with Crippen LogP contribution < -0.4 is 5.32 Å². The third-order valence-electron chi connectivity index (χ3n) is 2.50. The summed E-state index contributed by atoms with van der Waals surface area (Å²) in [5.74, 6) is -0.00820. The summed E-state index contributed by atoms with van der Waals surface area (Å²) in [5.41, 5.74) is -0.355. The Morgan fingerprint density at radius 2 is 2.29 bits per heavy atom. The van der Waals surface area contributed by atoms with Gasteiger partial charge in [0.05, 0.1) is 17.6 Å². The maximum absolute atomic E-state index is 10.8. The van der Waals surface area contributed by atoms with E-state index in [1.54, 1.807) is 6.08 Å². The van der Waals surface area contributed by atoms with E-state index in [9.17, 15) is 10.1 Å². The van der Waals surface area contributed by atoms with E-state index in [0.29, 0.717) is 0 Å². The van der Waals surface area contributed by atoms with Crippen LogP contribution in [0, 0.1) is 16.0 Å². The quantitative estimate of drug-likeness (QED) is 0.361. The lowest BCUT2D eigenvalue weighted by Crippen LogP contribution is -2.35. The Kier molecular flexibility index (Phi) is 3.21. The highest BCUT2D eigenvalue weighted by atomic mass is 35.5. The number of nitrogens with zero attached hydrogens (tertiary/aromatic N) is 3. The first-order valence-corrected chi connectivity index (χ1v) is 5.22. The summed E-state index contributed by atoms with van der Waals surface area (Å²) in [7, 11) is 0. The summed E-state index contributed by atoms with van der Waals surface area (Å²) in [6, 6.07) is -0.176. The molecule has 90 valence electrons. The van der Waals surface area contributed by atoms with E-state index in [-0.39, 0.29) is 35.2 Å². The standard InChI is InChI=1S/C9H9ClN4O3/c10-8-7(14(16)17)9(12-4-11-8)13-6-2-1-5(6)3-15/h1-2,4-6,15H,3H2,(H,11,12,13)/t5-,6-/m0/s1. The van der Waals surface area contributed by atoms with Crippen molar-refractivity contribution in [2.45, 2.75) is 6.04 Å². The summed E-state index contributed by atoms with van der Waals surface area (Å²) in [4.78, 5) is 17.5. The van der Waals surface area contributed by atoms with Gasteiger partial charge in [0.2, 0.25) is 11.0 Å². The number of rotatable bonds is 4. The van der Waals surface area contributed by atoms with Crippen LogP contribution in [0.4, 0.5) is 11.5 Å². The number of anilines is 1. The highest BCUT2D eigenvalue weighted by Crippen LogP contribution is 2.31. The zero-order valence-electron chi connectivity index (χ0n) is 8.58. The van der Waals surface area contributed by atoms with Gasteiger partial charge in [0.25, 0.3) is 0 Å². The fourth-order valence-electron chi connectivity index (χ4n) is 1.49. The number of hydrogen-bond donors (Lipinski definition) is 2. The van der Waals surface area contributed by atoms with Crippen molar-refractivity contribution in [3.8, 4) is 0 Å². The van der Waals surface area contributed by atoms with E-state index in [4.69, 9.17) is 16.7 Å². The Morgan fingerprint density at radius 3 is 2.82 bits per heavy atom. The van der Waals surface area contributed by atoms with Crippen LogP contribution in [0.25, 0.3) is 0 Å². The Labute approximate surface area is 101 Å². The Bertz CT molecular complexity index is 479. The number of aromatic nitrogens is 2. The maximum atomic E-state index is 10.8. The lowest BCUT2D eigenvalue weighted by molar-refractivity contribution is -0.384. The van der Waals surface area contributed by atoms with E-state index in [0.717, 1.165) is 6.33 Å². The fourth-order valence-corrected chi connectivity index (χ4v) is 1.69. The summed E-state index contributed by atoms with van der Waals surface area (Å²) < 4.78 is 0. The minimum absolute atomic E-state index is 0.0270. The molecule has 17 heavy (non-hydrogen) atoms. The normalized spacial score (nSPS) is 22.0. The lowest BCUT2D eigenvalue weighted by Gasteiger charge is -2.28. The van der Waals surface area contributed by atoms with Crippen molar-refractivity contribution in [2.24, 2.45) is 5.92 Å². The summed E-state index contributed by atoms with van der Waals surface area (Å²) in [5, 5.41) is 22.4. The zero-order valence-corrected chi connectivity index (χ0v) is 9.33. The van der Waals surface area contributed by atoms with Crippen LogP contribution in [0.5, 0.6) is 0 Å². The molecule has 0 saturated heterocycles. The SMILES string of the molecule is O=[N+]([O-])c1c(Cl)ncnc1N[C@H]1C=C[C@H]1CO. The van der Waals surface area contributed by atoms with Gasteiger partial charge in [0, 0.05) is 5.92 Å². The van der Waals surface area contributed by atoms with Crippen LogP contribution in [0.15, 0.2) is 18.5 Å². The van der Waals surface area contributed by atoms with Gasteiger partial charge < -0.3 is 10.4 Å². The fraction of sp³-hybridized carbons (Fsp3) is 0.333. The largest absolute Gasteiger partial charge is 0.396 e. The van der Waals surface area contributed by atoms with E-state index < -0.39 is 4.92 Å². The van der Waals surface area contributed by atoms with E-state index in [2.05, 4.69) is 15.3 Å². The van der Waals surface area contributed by atoms with Gasteiger partial charge >= 0.3 is 5.69 Å². The van der Waals surface area contributed by atoms with Gasteiger partial charge in [-0.25, -0.2) is 9.97 Å². The number of aliphatic hydroxyl groups excluding tert-OH is 1. The number of halogens is 1. The average molecular weight is 257 g/mol. The molecule has 0 saturated carbocycles. The Hall–Kier alpha value is -1.73. The second-order valence-corrected chi connectivity index (χ2v) is 3.88. The molecular formula is C9H9ClN4O3. The second-order valence-electron chi connectivity index (χ2n) is 3.52. The van der Waals surface area contributed by atoms with Crippen molar-refractivity contribution in [2.75, 3.05) is 11.9 Å². The van der Waals surface area contributed by atoms with Gasteiger partial charge in [-0.05, 0) is 0 Å². The smallest absolute Gasteiger partial charge is 0.348 e. The first-order valence-electron chi connectivity index (χ1n) is 4.84. The van der Waals surface area contributed by atoms with Crippen LogP contribution in [0.1, 0.15) is 0 Å². The molecule has 0 unspecified atom stereocenters. The molecule has 1 aliphatic carbocycles. The predicted octanol–water partition coefficient (Wildman–Crippen LogP) is 0.997. The summed E-state index contributed by atoms with van der Waals surface area (Å²) >= 11 is 5.64. The molecule has 0 spiro atoms. The number of nitrogens with one attached hydrogen (secondary N) is 1. The van der Waals surface area contributed by atoms with Gasteiger partial charge in [0.1, 0.15) is 6.33 Å². The first kappa shape index (κ1) is 11.7. The topological polar surface area (TPSA) is 101 Å².